The zero-order chi connectivity index (χ0) is 40.1. The Morgan fingerprint density at radius 3 is 2.47 bits per heavy atom. The number of hydrogen-bond acceptors (Lipinski definition) is 9. The number of rotatable bonds is 8. The van der Waals surface area contributed by atoms with E-state index in [-0.39, 0.29) is 23.6 Å². The van der Waals surface area contributed by atoms with Crippen LogP contribution in [-0.2, 0) is 16.6 Å². The molecule has 15 heteroatoms. The fraction of sp³-hybridized carbons (Fsp3) is 0.488. The number of methoxy groups -OCH3 is 1. The Kier molecular flexibility index (Phi) is 10.0. The number of imide groups is 1. The van der Waals surface area contributed by atoms with E-state index in [9.17, 15) is 23.6 Å². The van der Waals surface area contributed by atoms with Gasteiger partial charge in [-0.05, 0) is 106 Å². The Morgan fingerprint density at radius 2 is 1.74 bits per heavy atom. The standard InChI is InChI=1S/C43H50FN9O5/c1-49-39-34(4-3-5-35(39)53(42(49)57)36-10-11-38(54)47-41(36)56)51-18-14-43(15-19-51)12-16-50(17-13-43)25-27-6-8-31(9-7-27)52-26-29-21-33(37(58-2)22-32(29)48-52)46-40(55)28-20-30(44)24-45-23-28/h3-5,20-24,26-27,31,36H,6-19,25H2,1-2H3,(H,46,55)(H,47,54,56)/t27-,31-,36?. The number of nitrogens with one attached hydrogen (secondary N) is 2. The molecule has 58 heavy (non-hydrogen) atoms. The van der Waals surface area contributed by atoms with Gasteiger partial charge in [0, 0.05) is 56.9 Å². The third-order valence-corrected chi connectivity index (χ3v) is 13.5. The van der Waals surface area contributed by atoms with Gasteiger partial charge in [-0.3, -0.25) is 38.5 Å². The number of benzene rings is 2. The molecule has 6 heterocycles. The quantitative estimate of drug-likeness (QED) is 0.192. The van der Waals surface area contributed by atoms with Crippen LogP contribution in [0.3, 0.4) is 0 Å². The van der Waals surface area contributed by atoms with Crippen LogP contribution in [0.25, 0.3) is 21.9 Å². The number of pyridine rings is 1. The number of hydrogen-bond donors (Lipinski definition) is 2. The molecular formula is C43H50FN9O5. The average molecular weight is 792 g/mol. The van der Waals surface area contributed by atoms with Crippen molar-refractivity contribution in [3.05, 3.63) is 76.9 Å². The minimum absolute atomic E-state index is 0.128. The molecule has 4 fully saturated rings. The van der Waals surface area contributed by atoms with Crippen LogP contribution < -0.4 is 26.0 Å². The van der Waals surface area contributed by atoms with Crippen LogP contribution in [0, 0.1) is 17.2 Å². The third kappa shape index (κ3) is 7.13. The molecule has 4 aliphatic rings. The van der Waals surface area contributed by atoms with Gasteiger partial charge in [-0.2, -0.15) is 5.10 Å². The predicted molar refractivity (Wildman–Crippen MR) is 218 cm³/mol. The van der Waals surface area contributed by atoms with Gasteiger partial charge in [0.05, 0.1) is 52.8 Å². The molecule has 1 spiro atoms. The number of imidazole rings is 1. The lowest BCUT2D eigenvalue weighted by atomic mass is 9.71. The van der Waals surface area contributed by atoms with Crippen molar-refractivity contribution in [1.82, 2.24) is 34.1 Å². The lowest BCUT2D eigenvalue weighted by Crippen LogP contribution is -2.48. The summed E-state index contributed by atoms with van der Waals surface area (Å²) in [4.78, 5) is 59.7. The molecule has 1 aliphatic carbocycles. The molecule has 3 aliphatic heterocycles. The number of likely N-dealkylation sites (tertiary alicyclic amines) is 1. The second-order valence-corrected chi connectivity index (χ2v) is 16.9. The van der Waals surface area contributed by atoms with Gasteiger partial charge in [0.15, 0.2) is 0 Å². The number of para-hydroxylation sites is 1. The van der Waals surface area contributed by atoms with E-state index in [1.807, 2.05) is 30.5 Å². The number of aryl methyl sites for hydroxylation is 1. The summed E-state index contributed by atoms with van der Waals surface area (Å²) in [7, 11) is 3.32. The van der Waals surface area contributed by atoms with Gasteiger partial charge < -0.3 is 19.9 Å². The van der Waals surface area contributed by atoms with Crippen LogP contribution >= 0.6 is 0 Å². The molecule has 1 unspecified atom stereocenters. The molecule has 14 nitrogen and oxygen atoms in total. The van der Waals surface area contributed by atoms with Crippen molar-refractivity contribution in [2.24, 2.45) is 18.4 Å². The maximum atomic E-state index is 13.7. The van der Waals surface area contributed by atoms with E-state index in [0.717, 1.165) is 111 Å². The lowest BCUT2D eigenvalue weighted by Gasteiger charge is -2.48. The first-order chi connectivity index (χ1) is 28.1. The van der Waals surface area contributed by atoms with Gasteiger partial charge in [-0.1, -0.05) is 6.07 Å². The summed E-state index contributed by atoms with van der Waals surface area (Å²) in [6, 6.07) is 10.4. The van der Waals surface area contributed by atoms with E-state index in [4.69, 9.17) is 9.84 Å². The number of carbonyl (C=O) groups is 3. The van der Waals surface area contributed by atoms with E-state index >= 15 is 0 Å². The smallest absolute Gasteiger partial charge is 0.329 e. The third-order valence-electron chi connectivity index (χ3n) is 13.5. The largest absolute Gasteiger partial charge is 0.494 e. The van der Waals surface area contributed by atoms with Gasteiger partial charge in [0.1, 0.15) is 17.6 Å². The predicted octanol–water partition coefficient (Wildman–Crippen LogP) is 5.58. The number of piperidine rings is 3. The van der Waals surface area contributed by atoms with Crippen LogP contribution in [0.5, 0.6) is 5.75 Å². The van der Waals surface area contributed by atoms with Crippen LogP contribution in [0.4, 0.5) is 15.8 Å². The van der Waals surface area contributed by atoms with Gasteiger partial charge >= 0.3 is 5.69 Å². The first-order valence-corrected chi connectivity index (χ1v) is 20.6. The Hall–Kier alpha value is -5.57. The first kappa shape index (κ1) is 38.0. The summed E-state index contributed by atoms with van der Waals surface area (Å²) in [6.07, 6.45) is 14.1. The Bertz CT molecular complexity index is 2450. The SMILES string of the molecule is COc1cc2nn([C@H]3CC[C@H](CN4CCC5(CC4)CCN(c4cccc6c4n(C)c(=O)n6C4CCC(=O)NC4=O)CC5)CC3)cc2cc1NC(=O)c1cncc(F)c1. The fourth-order valence-corrected chi connectivity index (χ4v) is 10.0. The Labute approximate surface area is 335 Å². The van der Waals surface area contributed by atoms with E-state index in [1.165, 1.54) is 19.0 Å². The Balaban J connectivity index is 0.777. The minimum atomic E-state index is -0.691. The second kappa shape index (κ2) is 15.3. The summed E-state index contributed by atoms with van der Waals surface area (Å²) in [6.45, 7) is 5.24. The molecule has 3 aromatic heterocycles. The van der Waals surface area contributed by atoms with Crippen LogP contribution in [0.2, 0.25) is 0 Å². The van der Waals surface area contributed by atoms with Crippen molar-refractivity contribution in [3.8, 4) is 5.75 Å². The van der Waals surface area contributed by atoms with E-state index in [1.54, 1.807) is 23.3 Å². The summed E-state index contributed by atoms with van der Waals surface area (Å²) in [5.74, 6) is -0.599. The molecule has 0 bridgehead atoms. The number of anilines is 2. The number of amides is 3. The first-order valence-electron chi connectivity index (χ1n) is 20.6. The maximum Gasteiger partial charge on any atom is 0.329 e. The highest BCUT2D eigenvalue weighted by atomic mass is 19.1. The molecule has 304 valence electrons. The summed E-state index contributed by atoms with van der Waals surface area (Å²) < 4.78 is 24.5. The lowest BCUT2D eigenvalue weighted by molar-refractivity contribution is -0.135. The van der Waals surface area contributed by atoms with Crippen molar-refractivity contribution >= 4 is 51.0 Å². The highest BCUT2D eigenvalue weighted by Crippen LogP contribution is 2.44. The maximum absolute atomic E-state index is 13.7. The monoisotopic (exact) mass is 791 g/mol. The molecule has 1 atom stereocenters. The molecule has 3 saturated heterocycles. The number of halogens is 1. The van der Waals surface area contributed by atoms with Crippen molar-refractivity contribution in [2.45, 2.75) is 76.3 Å². The van der Waals surface area contributed by atoms with Crippen molar-refractivity contribution in [3.63, 3.8) is 0 Å². The number of fused-ring (bicyclic) bond motifs is 2. The van der Waals surface area contributed by atoms with Crippen molar-refractivity contribution in [2.75, 3.05) is 50.1 Å². The molecule has 9 rings (SSSR count). The summed E-state index contributed by atoms with van der Waals surface area (Å²) >= 11 is 0. The van der Waals surface area contributed by atoms with Gasteiger partial charge in [0.2, 0.25) is 11.8 Å². The van der Waals surface area contributed by atoms with Gasteiger partial charge in [-0.25, -0.2) is 9.18 Å². The number of aromatic nitrogens is 5. The Morgan fingerprint density at radius 1 is 0.983 bits per heavy atom. The highest BCUT2D eigenvalue weighted by Gasteiger charge is 2.39. The van der Waals surface area contributed by atoms with E-state index in [2.05, 4.69) is 36.2 Å². The molecule has 0 radical (unpaired) electrons. The van der Waals surface area contributed by atoms with Gasteiger partial charge in [0.25, 0.3) is 5.91 Å². The molecule has 5 aromatic rings. The summed E-state index contributed by atoms with van der Waals surface area (Å²) in [5.41, 5.74) is 4.13. The number of carbonyl (C=O) groups excluding carboxylic acids is 3. The summed E-state index contributed by atoms with van der Waals surface area (Å²) in [5, 5.41) is 11.0. The molecule has 1 saturated carbocycles. The van der Waals surface area contributed by atoms with Gasteiger partial charge in [-0.15, -0.1) is 0 Å². The van der Waals surface area contributed by atoms with E-state index in [0.29, 0.717) is 35.2 Å². The number of nitrogens with zero attached hydrogens (tertiary/aromatic N) is 7. The minimum Gasteiger partial charge on any atom is -0.494 e. The fourth-order valence-electron chi connectivity index (χ4n) is 10.0. The molecule has 3 amide bonds. The zero-order valence-corrected chi connectivity index (χ0v) is 33.1. The zero-order valence-electron chi connectivity index (χ0n) is 33.1. The van der Waals surface area contributed by atoms with Crippen molar-refractivity contribution < 1.29 is 23.5 Å². The second-order valence-electron chi connectivity index (χ2n) is 16.9. The highest BCUT2D eigenvalue weighted by molar-refractivity contribution is 6.06. The molecular weight excluding hydrogens is 742 g/mol. The van der Waals surface area contributed by atoms with Crippen LogP contribution in [0.15, 0.2) is 59.8 Å². The normalized spacial score (nSPS) is 22.7. The van der Waals surface area contributed by atoms with Crippen LogP contribution in [0.1, 0.15) is 86.6 Å². The van der Waals surface area contributed by atoms with Crippen LogP contribution in [-0.4, -0.2) is 86.4 Å². The molecule has 2 aromatic carbocycles. The topological polar surface area (TPSA) is 149 Å². The van der Waals surface area contributed by atoms with E-state index < -0.39 is 23.7 Å². The van der Waals surface area contributed by atoms with Crippen molar-refractivity contribution in [1.29, 1.82) is 0 Å². The average Bonchev–Trinajstić information content (AvgIpc) is 3.76. The molecule has 2 N–H and O–H groups in total. The number of ether oxygens (including phenoxy) is 1.